The molecule has 18 heavy (non-hydrogen) atoms. The summed E-state index contributed by atoms with van der Waals surface area (Å²) in [5.41, 5.74) is 0.889. The number of hydrogen-bond donors (Lipinski definition) is 1. The van der Waals surface area contributed by atoms with Crippen molar-refractivity contribution in [3.8, 4) is 0 Å². The van der Waals surface area contributed by atoms with Gasteiger partial charge in [0, 0.05) is 15.4 Å². The van der Waals surface area contributed by atoms with Crippen molar-refractivity contribution in [1.82, 2.24) is 0 Å². The van der Waals surface area contributed by atoms with Crippen LogP contribution in [0.4, 0.5) is 5.69 Å². The Morgan fingerprint density at radius 2 is 1.94 bits per heavy atom. The molecule has 0 radical (unpaired) electrons. The highest BCUT2D eigenvalue weighted by molar-refractivity contribution is 9.10. The molecule has 3 rings (SSSR count). The topological polar surface area (TPSA) is 61.2 Å². The van der Waals surface area contributed by atoms with Crippen molar-refractivity contribution in [2.75, 3.05) is 16.4 Å². The highest BCUT2D eigenvalue weighted by atomic mass is 79.9. The highest BCUT2D eigenvalue weighted by Gasteiger charge is 2.48. The van der Waals surface area contributed by atoms with Gasteiger partial charge in [0.25, 0.3) is 0 Å². The van der Waals surface area contributed by atoms with Crippen LogP contribution in [0.2, 0.25) is 0 Å². The van der Waals surface area contributed by atoms with E-state index in [-0.39, 0.29) is 22.8 Å². The predicted octanol–water partition coefficient (Wildman–Crippen LogP) is 2.10. The molecule has 0 spiro atoms. The lowest BCUT2D eigenvalue weighted by Gasteiger charge is -2.23. The van der Waals surface area contributed by atoms with E-state index in [4.69, 9.17) is 5.41 Å². The minimum Gasteiger partial charge on any atom is -0.316 e. The second kappa shape index (κ2) is 4.25. The summed E-state index contributed by atoms with van der Waals surface area (Å²) >= 11 is 4.73. The van der Waals surface area contributed by atoms with E-state index in [1.165, 1.54) is 11.8 Å². The van der Waals surface area contributed by atoms with Gasteiger partial charge in [-0.3, -0.25) is 5.41 Å². The van der Waals surface area contributed by atoms with Gasteiger partial charge in [0.2, 0.25) is 0 Å². The fourth-order valence-electron chi connectivity index (χ4n) is 2.41. The summed E-state index contributed by atoms with van der Waals surface area (Å²) < 4.78 is 24.3. The smallest absolute Gasteiger partial charge is 0.161 e. The fourth-order valence-corrected chi connectivity index (χ4v) is 6.47. The Bertz CT molecular complexity index is 600. The Morgan fingerprint density at radius 3 is 2.61 bits per heavy atom. The van der Waals surface area contributed by atoms with Crippen molar-refractivity contribution in [1.29, 1.82) is 5.41 Å². The first-order valence-corrected chi connectivity index (χ1v) is 8.96. The summed E-state index contributed by atoms with van der Waals surface area (Å²) in [6.45, 7) is 0. The lowest BCUT2D eigenvalue weighted by molar-refractivity contribution is 0.601. The molecule has 2 heterocycles. The third kappa shape index (κ3) is 2.08. The molecule has 1 aromatic rings. The van der Waals surface area contributed by atoms with Crippen molar-refractivity contribution in [2.45, 2.75) is 11.3 Å². The van der Waals surface area contributed by atoms with Gasteiger partial charge in [0.15, 0.2) is 15.0 Å². The molecule has 1 aromatic carbocycles. The number of benzene rings is 1. The summed E-state index contributed by atoms with van der Waals surface area (Å²) in [6.07, 6.45) is 0. The Balaban J connectivity index is 1.96. The maximum Gasteiger partial charge on any atom is 0.161 e. The minimum atomic E-state index is -2.95. The zero-order chi connectivity index (χ0) is 12.9. The van der Waals surface area contributed by atoms with E-state index in [1.54, 1.807) is 0 Å². The van der Waals surface area contributed by atoms with Crippen LogP contribution in [-0.4, -0.2) is 36.4 Å². The second-order valence-corrected chi connectivity index (χ2v) is 8.75. The minimum absolute atomic E-state index is 0.00569. The van der Waals surface area contributed by atoms with Crippen LogP contribution in [0.1, 0.15) is 0 Å². The zero-order valence-corrected chi connectivity index (χ0v) is 12.6. The molecule has 0 saturated carbocycles. The van der Waals surface area contributed by atoms with Crippen LogP contribution in [0.3, 0.4) is 0 Å². The Hall–Kier alpha value is -0.530. The van der Waals surface area contributed by atoms with Crippen molar-refractivity contribution in [3.63, 3.8) is 0 Å². The molecule has 2 aliphatic rings. The van der Waals surface area contributed by atoms with Crippen LogP contribution in [0.5, 0.6) is 0 Å². The molecule has 0 bridgehead atoms. The number of sulfone groups is 1. The number of thioether (sulfide) groups is 1. The van der Waals surface area contributed by atoms with E-state index >= 15 is 0 Å². The monoisotopic (exact) mass is 346 g/mol. The maximum atomic E-state index is 11.7. The predicted molar refractivity (Wildman–Crippen MR) is 78.2 cm³/mol. The number of halogens is 1. The standard InChI is InChI=1S/C11H11BrN2O2S2/c12-7-1-3-8(4-2-7)14-9-5-18(15,16)6-10(9)17-11(14)13/h1-4,9-10,13H,5-6H2/t9-,10+/m0/s1. The van der Waals surface area contributed by atoms with E-state index < -0.39 is 9.84 Å². The van der Waals surface area contributed by atoms with Crippen LogP contribution >= 0.6 is 27.7 Å². The normalized spacial score (nSPS) is 29.6. The molecule has 2 aliphatic heterocycles. The van der Waals surface area contributed by atoms with Gasteiger partial charge >= 0.3 is 0 Å². The summed E-state index contributed by atoms with van der Waals surface area (Å²) in [5.74, 6) is 0.348. The quantitative estimate of drug-likeness (QED) is 0.845. The van der Waals surface area contributed by atoms with Gasteiger partial charge in [0.1, 0.15) is 0 Å². The third-order valence-corrected chi connectivity index (χ3v) is 6.85. The number of amidine groups is 1. The first kappa shape index (κ1) is 12.5. The average molecular weight is 347 g/mol. The maximum absolute atomic E-state index is 11.7. The first-order chi connectivity index (χ1) is 8.46. The number of fused-ring (bicyclic) bond motifs is 1. The highest BCUT2D eigenvalue weighted by Crippen LogP contribution is 2.40. The molecule has 1 N–H and O–H groups in total. The number of hydrogen-bond acceptors (Lipinski definition) is 4. The van der Waals surface area contributed by atoms with E-state index in [1.807, 2.05) is 29.2 Å². The Labute approximate surface area is 118 Å². The summed E-state index contributed by atoms with van der Waals surface area (Å²) in [7, 11) is -2.95. The van der Waals surface area contributed by atoms with Gasteiger partial charge < -0.3 is 4.90 Å². The molecule has 0 unspecified atom stereocenters. The second-order valence-electron chi connectivity index (χ2n) is 4.45. The molecule has 0 aromatic heterocycles. The largest absolute Gasteiger partial charge is 0.316 e. The van der Waals surface area contributed by atoms with Gasteiger partial charge in [0.05, 0.1) is 17.5 Å². The fraction of sp³-hybridized carbons (Fsp3) is 0.364. The van der Waals surface area contributed by atoms with Crippen LogP contribution in [-0.2, 0) is 9.84 Å². The van der Waals surface area contributed by atoms with Gasteiger partial charge in [-0.2, -0.15) is 0 Å². The molecule has 0 aliphatic carbocycles. The lowest BCUT2D eigenvalue weighted by Crippen LogP contribution is -2.37. The Morgan fingerprint density at radius 1 is 1.28 bits per heavy atom. The van der Waals surface area contributed by atoms with Crippen molar-refractivity contribution >= 4 is 48.4 Å². The van der Waals surface area contributed by atoms with Gasteiger partial charge in [-0.25, -0.2) is 8.42 Å². The molecular formula is C11H11BrN2O2S2. The summed E-state index contributed by atoms with van der Waals surface area (Å²) in [5, 5.41) is 8.46. The van der Waals surface area contributed by atoms with Crippen LogP contribution < -0.4 is 4.90 Å². The molecule has 2 fully saturated rings. The Kier molecular flexibility index (Phi) is 2.95. The zero-order valence-electron chi connectivity index (χ0n) is 9.34. The van der Waals surface area contributed by atoms with Gasteiger partial charge in [-0.15, -0.1) is 0 Å². The summed E-state index contributed by atoms with van der Waals surface area (Å²) in [6, 6.07) is 7.54. The van der Waals surface area contributed by atoms with Crippen molar-refractivity contribution < 1.29 is 8.42 Å². The average Bonchev–Trinajstić information content (AvgIpc) is 2.70. The molecule has 2 saturated heterocycles. The van der Waals surface area contributed by atoms with Gasteiger partial charge in [-0.05, 0) is 24.3 Å². The summed E-state index contributed by atoms with van der Waals surface area (Å²) in [4.78, 5) is 1.84. The number of nitrogens with one attached hydrogen (secondary N) is 1. The molecule has 0 amide bonds. The first-order valence-electron chi connectivity index (χ1n) is 5.47. The van der Waals surface area contributed by atoms with Crippen LogP contribution in [0, 0.1) is 5.41 Å². The SMILES string of the molecule is N=C1S[C@@H]2CS(=O)(=O)C[C@@H]2N1c1ccc(Br)cc1. The van der Waals surface area contributed by atoms with E-state index in [0.717, 1.165) is 10.2 Å². The lowest BCUT2D eigenvalue weighted by atomic mass is 10.2. The van der Waals surface area contributed by atoms with Crippen LogP contribution in [0.15, 0.2) is 28.7 Å². The van der Waals surface area contributed by atoms with E-state index in [0.29, 0.717) is 5.17 Å². The van der Waals surface area contributed by atoms with E-state index in [9.17, 15) is 8.42 Å². The van der Waals surface area contributed by atoms with Crippen LogP contribution in [0.25, 0.3) is 0 Å². The number of rotatable bonds is 1. The van der Waals surface area contributed by atoms with E-state index in [2.05, 4.69) is 15.9 Å². The molecular weight excluding hydrogens is 336 g/mol. The van der Waals surface area contributed by atoms with Gasteiger partial charge in [-0.1, -0.05) is 27.7 Å². The molecule has 7 heteroatoms. The number of anilines is 1. The third-order valence-electron chi connectivity index (χ3n) is 3.19. The van der Waals surface area contributed by atoms with Crippen molar-refractivity contribution in [3.05, 3.63) is 28.7 Å². The molecule has 2 atom stereocenters. The number of nitrogens with zero attached hydrogens (tertiary/aromatic N) is 1. The molecule has 4 nitrogen and oxygen atoms in total. The van der Waals surface area contributed by atoms with Crippen molar-refractivity contribution in [2.24, 2.45) is 0 Å². The molecule has 96 valence electrons.